The number of aromatic nitrogens is 1. The molecule has 1 heterocycles. The minimum atomic E-state index is -4.50. The van der Waals surface area contributed by atoms with Crippen LogP contribution in [0.3, 0.4) is 0 Å². The monoisotopic (exact) mass is 335 g/mol. The molecule has 0 saturated carbocycles. The van der Waals surface area contributed by atoms with Gasteiger partial charge < -0.3 is 0 Å². The van der Waals surface area contributed by atoms with Crippen LogP contribution in [0, 0.1) is 3.70 Å². The third-order valence-electron chi connectivity index (χ3n) is 1.32. The topological polar surface area (TPSA) is 30.0 Å². The van der Waals surface area contributed by atoms with Crippen molar-refractivity contribution in [3.05, 3.63) is 27.1 Å². The average molecular weight is 335 g/mol. The van der Waals surface area contributed by atoms with Gasteiger partial charge in [-0.05, 0) is 46.3 Å². The Hall–Kier alpha value is -0.370. The van der Waals surface area contributed by atoms with Gasteiger partial charge in [0.1, 0.15) is 9.39 Å². The van der Waals surface area contributed by atoms with E-state index in [1.807, 2.05) is 0 Å². The van der Waals surface area contributed by atoms with Crippen LogP contribution in [0.5, 0.6) is 0 Å². The highest BCUT2D eigenvalue weighted by molar-refractivity contribution is 14.1. The first-order chi connectivity index (χ1) is 6.30. The van der Waals surface area contributed by atoms with Crippen LogP contribution in [-0.4, -0.2) is 10.2 Å². The van der Waals surface area contributed by atoms with Gasteiger partial charge in [0.05, 0.1) is 5.56 Å². The molecule has 0 aromatic carbocycles. The lowest BCUT2D eigenvalue weighted by Gasteiger charge is -2.07. The fourth-order valence-corrected chi connectivity index (χ4v) is 1.45. The zero-order chi connectivity index (χ0) is 10.9. The summed E-state index contributed by atoms with van der Waals surface area (Å²) in [7, 11) is 0. The van der Waals surface area contributed by atoms with Crippen LogP contribution < -0.4 is 0 Å². The Balaban J connectivity index is 3.28. The van der Waals surface area contributed by atoms with Crippen LogP contribution in [0.15, 0.2) is 12.1 Å². The lowest BCUT2D eigenvalue weighted by Crippen LogP contribution is -2.08. The number of nitrogens with zero attached hydrogens (tertiary/aromatic N) is 1. The van der Waals surface area contributed by atoms with Gasteiger partial charge in [-0.2, -0.15) is 13.2 Å². The molecule has 0 aliphatic rings. The van der Waals surface area contributed by atoms with E-state index in [0.29, 0.717) is 6.07 Å². The minimum absolute atomic E-state index is 0.0708. The van der Waals surface area contributed by atoms with Crippen LogP contribution in [-0.2, 0) is 6.18 Å². The molecule has 1 aromatic heterocycles. The van der Waals surface area contributed by atoms with E-state index >= 15 is 0 Å². The number of hydrogen-bond donors (Lipinski definition) is 0. The standard InChI is InChI=1S/C7H2ClF3INO/c8-6(14)4-1-3(7(9,10)11)2-5(12)13-4/h1-2H. The summed E-state index contributed by atoms with van der Waals surface area (Å²) in [6, 6.07) is 1.46. The SMILES string of the molecule is O=C(Cl)c1cc(C(F)(F)F)cc(I)n1. The van der Waals surface area contributed by atoms with E-state index in [-0.39, 0.29) is 3.70 Å². The van der Waals surface area contributed by atoms with Crippen molar-refractivity contribution in [1.29, 1.82) is 0 Å². The molecule has 0 spiro atoms. The fraction of sp³-hybridized carbons (Fsp3) is 0.143. The van der Waals surface area contributed by atoms with E-state index in [9.17, 15) is 18.0 Å². The third-order valence-corrected chi connectivity index (χ3v) is 2.07. The number of halogens is 5. The van der Waals surface area contributed by atoms with Gasteiger partial charge in [-0.1, -0.05) is 0 Å². The summed E-state index contributed by atoms with van der Waals surface area (Å²) in [6.07, 6.45) is -4.50. The molecule has 0 radical (unpaired) electrons. The quantitative estimate of drug-likeness (QED) is 0.448. The van der Waals surface area contributed by atoms with Crippen LogP contribution in [0.25, 0.3) is 0 Å². The van der Waals surface area contributed by atoms with Gasteiger partial charge in [0, 0.05) is 0 Å². The highest BCUT2D eigenvalue weighted by Crippen LogP contribution is 2.30. The zero-order valence-electron chi connectivity index (χ0n) is 6.40. The van der Waals surface area contributed by atoms with Crippen molar-refractivity contribution in [1.82, 2.24) is 4.98 Å². The molecule has 0 aliphatic carbocycles. The van der Waals surface area contributed by atoms with E-state index in [4.69, 9.17) is 11.6 Å². The Kier molecular flexibility index (Phi) is 3.36. The van der Waals surface area contributed by atoms with Gasteiger partial charge in [0.25, 0.3) is 5.24 Å². The molecule has 76 valence electrons. The minimum Gasteiger partial charge on any atom is -0.274 e. The number of hydrogen-bond acceptors (Lipinski definition) is 2. The van der Waals surface area contributed by atoms with Gasteiger partial charge in [0.2, 0.25) is 0 Å². The molecule has 0 N–H and O–H groups in total. The molecule has 0 bridgehead atoms. The normalized spacial score (nSPS) is 11.5. The summed E-state index contributed by atoms with van der Waals surface area (Å²) in [5.41, 5.74) is -1.33. The van der Waals surface area contributed by atoms with Gasteiger partial charge >= 0.3 is 6.18 Å². The van der Waals surface area contributed by atoms with Crippen molar-refractivity contribution >= 4 is 39.4 Å². The molecule has 1 rings (SSSR count). The molecule has 0 atom stereocenters. The predicted molar refractivity (Wildman–Crippen MR) is 52.1 cm³/mol. The maximum atomic E-state index is 12.2. The molecule has 0 amide bonds. The Morgan fingerprint density at radius 3 is 2.43 bits per heavy atom. The fourth-order valence-electron chi connectivity index (χ4n) is 0.761. The number of pyridine rings is 1. The maximum Gasteiger partial charge on any atom is 0.416 e. The second-order valence-corrected chi connectivity index (χ2v) is 3.78. The number of carbonyl (C=O) groups excluding carboxylic acids is 1. The summed E-state index contributed by atoms with van der Waals surface area (Å²) < 4.78 is 36.7. The van der Waals surface area contributed by atoms with Crippen molar-refractivity contribution in [2.45, 2.75) is 6.18 Å². The average Bonchev–Trinajstić information content (AvgIpc) is 2.01. The first-order valence-electron chi connectivity index (χ1n) is 3.25. The molecule has 2 nitrogen and oxygen atoms in total. The highest BCUT2D eigenvalue weighted by atomic mass is 127. The van der Waals surface area contributed by atoms with E-state index < -0.39 is 22.7 Å². The van der Waals surface area contributed by atoms with E-state index in [1.54, 1.807) is 22.6 Å². The molecule has 14 heavy (non-hydrogen) atoms. The number of alkyl halides is 3. The summed E-state index contributed by atoms with van der Waals surface area (Å²) in [4.78, 5) is 14.2. The smallest absolute Gasteiger partial charge is 0.274 e. The third kappa shape index (κ3) is 2.81. The van der Waals surface area contributed by atoms with Gasteiger partial charge in [-0.15, -0.1) is 0 Å². The Morgan fingerprint density at radius 1 is 1.43 bits per heavy atom. The molecule has 1 aromatic rings. The number of rotatable bonds is 1. The van der Waals surface area contributed by atoms with Gasteiger partial charge in [0.15, 0.2) is 0 Å². The molecular formula is C7H2ClF3INO. The summed E-state index contributed by atoms with van der Waals surface area (Å²) >= 11 is 6.61. The molecule has 0 saturated heterocycles. The van der Waals surface area contributed by atoms with E-state index in [2.05, 4.69) is 4.98 Å². The highest BCUT2D eigenvalue weighted by Gasteiger charge is 2.31. The second-order valence-electron chi connectivity index (χ2n) is 2.34. The molecular weight excluding hydrogens is 333 g/mol. The van der Waals surface area contributed by atoms with Crippen molar-refractivity contribution in [2.75, 3.05) is 0 Å². The maximum absolute atomic E-state index is 12.2. The first kappa shape index (κ1) is 11.7. The first-order valence-corrected chi connectivity index (χ1v) is 4.71. The Labute approximate surface area is 95.6 Å². The molecule has 0 unspecified atom stereocenters. The summed E-state index contributed by atoms with van der Waals surface area (Å²) in [5.74, 6) is 0. The molecule has 7 heteroatoms. The van der Waals surface area contributed by atoms with Crippen molar-refractivity contribution in [3.8, 4) is 0 Å². The second kappa shape index (κ2) is 4.01. The largest absolute Gasteiger partial charge is 0.416 e. The van der Waals surface area contributed by atoms with Crippen LogP contribution in [0.4, 0.5) is 13.2 Å². The Bertz CT molecular complexity index is 380. The van der Waals surface area contributed by atoms with Crippen LogP contribution in [0.1, 0.15) is 16.1 Å². The van der Waals surface area contributed by atoms with Crippen molar-refractivity contribution in [3.63, 3.8) is 0 Å². The lowest BCUT2D eigenvalue weighted by atomic mass is 10.2. The Morgan fingerprint density at radius 2 is 2.00 bits per heavy atom. The van der Waals surface area contributed by atoms with Crippen molar-refractivity contribution in [2.24, 2.45) is 0 Å². The lowest BCUT2D eigenvalue weighted by molar-refractivity contribution is -0.137. The summed E-state index contributed by atoms with van der Waals surface area (Å²) in [5, 5.41) is -1.01. The van der Waals surface area contributed by atoms with Crippen LogP contribution in [0.2, 0.25) is 0 Å². The van der Waals surface area contributed by atoms with Crippen molar-refractivity contribution < 1.29 is 18.0 Å². The summed E-state index contributed by atoms with van der Waals surface area (Å²) in [6.45, 7) is 0. The van der Waals surface area contributed by atoms with E-state index in [1.165, 1.54) is 0 Å². The molecule has 0 fully saturated rings. The zero-order valence-corrected chi connectivity index (χ0v) is 9.31. The van der Waals surface area contributed by atoms with E-state index in [0.717, 1.165) is 6.07 Å². The van der Waals surface area contributed by atoms with Gasteiger partial charge in [-0.25, -0.2) is 4.98 Å². The van der Waals surface area contributed by atoms with Crippen LogP contribution >= 0.6 is 34.2 Å². The molecule has 0 aliphatic heterocycles. The van der Waals surface area contributed by atoms with Gasteiger partial charge in [-0.3, -0.25) is 4.79 Å². The number of carbonyl (C=O) groups is 1. The predicted octanol–water partition coefficient (Wildman–Crippen LogP) is 3.08.